The number of carbonyl (C=O) groups is 3. The van der Waals surface area contributed by atoms with E-state index in [1.165, 1.54) is 24.1 Å². The largest absolute Gasteiger partial charge is 0.507 e. The van der Waals surface area contributed by atoms with Crippen molar-refractivity contribution in [2.45, 2.75) is 19.9 Å². The van der Waals surface area contributed by atoms with Gasteiger partial charge in [-0.05, 0) is 60.0 Å². The highest BCUT2D eigenvalue weighted by Crippen LogP contribution is 2.42. The molecule has 8 nitrogen and oxygen atoms in total. The fourth-order valence-electron chi connectivity index (χ4n) is 4.40. The number of hydrogen-bond donors (Lipinski definition) is 1. The Labute approximate surface area is 228 Å². The van der Waals surface area contributed by atoms with E-state index in [1.807, 2.05) is 57.1 Å². The van der Waals surface area contributed by atoms with Crippen LogP contribution in [0.25, 0.3) is 5.76 Å². The quantitative estimate of drug-likeness (QED) is 0.186. The zero-order valence-corrected chi connectivity index (χ0v) is 22.7. The minimum atomic E-state index is -0.898. The van der Waals surface area contributed by atoms with Crippen LogP contribution in [0.3, 0.4) is 0 Å². The van der Waals surface area contributed by atoms with Crippen molar-refractivity contribution in [1.82, 2.24) is 0 Å². The summed E-state index contributed by atoms with van der Waals surface area (Å²) in [6.45, 7) is 4.56. The number of carbonyl (C=O) groups excluding carboxylic acids is 3. The van der Waals surface area contributed by atoms with Crippen LogP contribution in [0, 0.1) is 5.92 Å². The SMILES string of the molecule is COC(=O)c1ccc(N2C(=O)C(=O)/C(=C(/O)c3cccc(OCC(C)C)c3)C2c2ccc(N(C)C)cc2)cc1. The number of amides is 1. The van der Waals surface area contributed by atoms with Gasteiger partial charge in [-0.2, -0.15) is 0 Å². The van der Waals surface area contributed by atoms with Crippen molar-refractivity contribution in [3.05, 3.63) is 95.1 Å². The lowest BCUT2D eigenvalue weighted by Gasteiger charge is -2.26. The Hall–Kier alpha value is -4.59. The van der Waals surface area contributed by atoms with Gasteiger partial charge in [0.05, 0.1) is 30.9 Å². The van der Waals surface area contributed by atoms with Gasteiger partial charge in [-0.25, -0.2) is 4.79 Å². The third-order valence-electron chi connectivity index (χ3n) is 6.43. The van der Waals surface area contributed by atoms with Gasteiger partial charge < -0.3 is 19.5 Å². The van der Waals surface area contributed by atoms with Gasteiger partial charge in [-0.1, -0.05) is 38.1 Å². The number of nitrogens with zero attached hydrogens (tertiary/aromatic N) is 2. The molecule has 1 aliphatic rings. The number of benzene rings is 3. The number of ketones is 1. The maximum absolute atomic E-state index is 13.5. The van der Waals surface area contributed by atoms with E-state index in [2.05, 4.69) is 0 Å². The molecule has 39 heavy (non-hydrogen) atoms. The van der Waals surface area contributed by atoms with Crippen LogP contribution in [0.15, 0.2) is 78.4 Å². The van der Waals surface area contributed by atoms with Gasteiger partial charge in [-0.15, -0.1) is 0 Å². The van der Waals surface area contributed by atoms with Crippen LogP contribution in [0.1, 0.15) is 41.4 Å². The molecule has 0 aliphatic carbocycles. The van der Waals surface area contributed by atoms with Gasteiger partial charge in [0.25, 0.3) is 11.7 Å². The van der Waals surface area contributed by atoms with Crippen LogP contribution in [-0.2, 0) is 14.3 Å². The van der Waals surface area contributed by atoms with Gasteiger partial charge in [0.2, 0.25) is 0 Å². The Morgan fingerprint density at radius 2 is 1.64 bits per heavy atom. The van der Waals surface area contributed by atoms with Crippen molar-refractivity contribution in [2.24, 2.45) is 5.92 Å². The standard InChI is InChI=1S/C31H32N2O6/c1-19(2)18-39-25-8-6-7-22(17-25)28(34)26-27(20-9-13-23(14-10-20)32(3)4)33(30(36)29(26)35)24-15-11-21(12-16-24)31(37)38-5/h6-17,19,27,34H,18H2,1-5H3/b28-26+. The number of Topliss-reactive ketones (excluding diaryl/α,β-unsaturated/α-hetero) is 1. The van der Waals surface area contributed by atoms with Crippen LogP contribution < -0.4 is 14.5 Å². The van der Waals surface area contributed by atoms with E-state index in [-0.39, 0.29) is 11.3 Å². The molecular weight excluding hydrogens is 496 g/mol. The van der Waals surface area contributed by atoms with Crippen LogP contribution >= 0.6 is 0 Å². The van der Waals surface area contributed by atoms with Gasteiger partial charge in [0, 0.05) is 31.0 Å². The number of anilines is 2. The monoisotopic (exact) mass is 528 g/mol. The van der Waals surface area contributed by atoms with Gasteiger partial charge >= 0.3 is 5.97 Å². The Balaban J connectivity index is 1.85. The average molecular weight is 529 g/mol. The van der Waals surface area contributed by atoms with E-state index in [0.717, 1.165) is 5.69 Å². The molecule has 8 heteroatoms. The molecule has 3 aromatic carbocycles. The fraction of sp³-hybridized carbons (Fsp3) is 0.258. The van der Waals surface area contributed by atoms with E-state index >= 15 is 0 Å². The fourth-order valence-corrected chi connectivity index (χ4v) is 4.40. The van der Waals surface area contributed by atoms with E-state index in [0.29, 0.717) is 40.7 Å². The van der Waals surface area contributed by atoms with Crippen molar-refractivity contribution >= 4 is 34.8 Å². The van der Waals surface area contributed by atoms with Crippen LogP contribution in [0.2, 0.25) is 0 Å². The molecule has 0 radical (unpaired) electrons. The van der Waals surface area contributed by atoms with E-state index in [1.54, 1.807) is 36.4 Å². The Morgan fingerprint density at radius 3 is 2.23 bits per heavy atom. The smallest absolute Gasteiger partial charge is 0.337 e. The summed E-state index contributed by atoms with van der Waals surface area (Å²) in [5.41, 5.74) is 2.63. The molecule has 1 N–H and O–H groups in total. The Bertz CT molecular complexity index is 1410. The normalized spacial score (nSPS) is 16.5. The highest BCUT2D eigenvalue weighted by molar-refractivity contribution is 6.51. The predicted molar refractivity (Wildman–Crippen MR) is 150 cm³/mol. The van der Waals surface area contributed by atoms with Gasteiger partial charge in [0.15, 0.2) is 0 Å². The van der Waals surface area contributed by atoms with E-state index in [9.17, 15) is 19.5 Å². The van der Waals surface area contributed by atoms with Crippen molar-refractivity contribution in [3.63, 3.8) is 0 Å². The summed E-state index contributed by atoms with van der Waals surface area (Å²) < 4.78 is 10.6. The Kier molecular flexibility index (Phi) is 8.04. The van der Waals surface area contributed by atoms with Crippen molar-refractivity contribution < 1.29 is 29.0 Å². The molecule has 1 atom stereocenters. The Morgan fingerprint density at radius 1 is 0.974 bits per heavy atom. The van der Waals surface area contributed by atoms with Gasteiger partial charge in [0.1, 0.15) is 11.5 Å². The predicted octanol–water partition coefficient (Wildman–Crippen LogP) is 5.20. The molecule has 3 aromatic rings. The summed E-state index contributed by atoms with van der Waals surface area (Å²) in [6.07, 6.45) is 0. The van der Waals surface area contributed by atoms with Crippen molar-refractivity contribution in [1.29, 1.82) is 0 Å². The zero-order chi connectivity index (χ0) is 28.3. The minimum absolute atomic E-state index is 0.0318. The van der Waals surface area contributed by atoms with Crippen molar-refractivity contribution in [3.8, 4) is 5.75 Å². The lowest BCUT2D eigenvalue weighted by Crippen LogP contribution is -2.29. The minimum Gasteiger partial charge on any atom is -0.507 e. The molecule has 0 aromatic heterocycles. The molecule has 1 aliphatic heterocycles. The maximum Gasteiger partial charge on any atom is 0.337 e. The summed E-state index contributed by atoms with van der Waals surface area (Å²) in [5, 5.41) is 11.5. The number of methoxy groups -OCH3 is 1. The highest BCUT2D eigenvalue weighted by atomic mass is 16.5. The van der Waals surface area contributed by atoms with Crippen LogP contribution in [0.5, 0.6) is 5.75 Å². The second kappa shape index (κ2) is 11.4. The first-order valence-corrected chi connectivity index (χ1v) is 12.6. The lowest BCUT2D eigenvalue weighted by atomic mass is 9.94. The molecule has 1 heterocycles. The number of ether oxygens (including phenoxy) is 2. The second-order valence-corrected chi connectivity index (χ2v) is 9.93. The molecule has 1 unspecified atom stereocenters. The molecule has 1 fully saturated rings. The first kappa shape index (κ1) is 27.4. The molecule has 4 rings (SSSR count). The van der Waals surface area contributed by atoms with E-state index in [4.69, 9.17) is 9.47 Å². The third kappa shape index (κ3) is 5.65. The van der Waals surface area contributed by atoms with E-state index < -0.39 is 23.7 Å². The first-order chi connectivity index (χ1) is 18.6. The summed E-state index contributed by atoms with van der Waals surface area (Å²) in [7, 11) is 5.12. The number of rotatable bonds is 8. The number of aliphatic hydroxyl groups is 1. The molecular formula is C31H32N2O6. The van der Waals surface area contributed by atoms with Crippen LogP contribution in [0.4, 0.5) is 11.4 Å². The molecule has 0 spiro atoms. The summed E-state index contributed by atoms with van der Waals surface area (Å²) in [5.74, 6) is -1.54. The zero-order valence-electron chi connectivity index (χ0n) is 22.7. The van der Waals surface area contributed by atoms with Gasteiger partial charge in [-0.3, -0.25) is 14.5 Å². The lowest BCUT2D eigenvalue weighted by molar-refractivity contribution is -0.132. The summed E-state index contributed by atoms with van der Waals surface area (Å²) in [4.78, 5) is 42.1. The van der Waals surface area contributed by atoms with Crippen molar-refractivity contribution in [2.75, 3.05) is 37.6 Å². The van der Waals surface area contributed by atoms with Crippen LogP contribution in [-0.4, -0.2) is 50.6 Å². The molecule has 0 saturated carbocycles. The molecule has 1 saturated heterocycles. The highest BCUT2D eigenvalue weighted by Gasteiger charge is 2.47. The first-order valence-electron chi connectivity index (χ1n) is 12.6. The third-order valence-corrected chi connectivity index (χ3v) is 6.43. The summed E-state index contributed by atoms with van der Waals surface area (Å²) in [6, 6.07) is 19.6. The second-order valence-electron chi connectivity index (χ2n) is 9.93. The maximum atomic E-state index is 13.5. The molecule has 1 amide bonds. The number of hydrogen-bond acceptors (Lipinski definition) is 7. The number of esters is 1. The molecule has 202 valence electrons. The topological polar surface area (TPSA) is 96.4 Å². The average Bonchev–Trinajstić information content (AvgIpc) is 3.21. The molecule has 0 bridgehead atoms. The number of aliphatic hydroxyl groups excluding tert-OH is 1. The summed E-state index contributed by atoms with van der Waals surface area (Å²) >= 11 is 0.